The van der Waals surface area contributed by atoms with Crippen molar-refractivity contribution in [3.05, 3.63) is 69.7 Å². The van der Waals surface area contributed by atoms with E-state index in [0.29, 0.717) is 11.8 Å². The van der Waals surface area contributed by atoms with E-state index in [4.69, 9.17) is 11.6 Å². The fraction of sp³-hybridized carbons (Fsp3) is 0.548. The van der Waals surface area contributed by atoms with Crippen LogP contribution in [-0.2, 0) is 12.8 Å². The van der Waals surface area contributed by atoms with Crippen LogP contribution in [0, 0.1) is 17.8 Å². The molecule has 2 aromatic carbocycles. The molecule has 0 spiro atoms. The maximum Gasteiger partial charge on any atom is 0.0450 e. The van der Waals surface area contributed by atoms with Crippen LogP contribution >= 0.6 is 11.6 Å². The fourth-order valence-electron chi connectivity index (χ4n) is 4.86. The summed E-state index contributed by atoms with van der Waals surface area (Å²) in [6.07, 6.45) is 16.3. The number of halogens is 1. The third-order valence-corrected chi connectivity index (χ3v) is 7.37. The Bertz CT molecular complexity index is 860. The minimum Gasteiger partial charge on any atom is -0.0945 e. The number of benzene rings is 2. The summed E-state index contributed by atoms with van der Waals surface area (Å²) in [4.78, 5) is 0. The van der Waals surface area contributed by atoms with E-state index < -0.39 is 0 Å². The van der Waals surface area contributed by atoms with Crippen molar-refractivity contribution < 1.29 is 0 Å². The number of rotatable bonds is 10. The lowest BCUT2D eigenvalue weighted by Gasteiger charge is -2.26. The molecule has 0 aromatic heterocycles. The van der Waals surface area contributed by atoms with Gasteiger partial charge in [-0.2, -0.15) is 0 Å². The van der Waals surface area contributed by atoms with Crippen molar-refractivity contribution in [3.8, 4) is 11.8 Å². The van der Waals surface area contributed by atoms with Gasteiger partial charge in [0.1, 0.15) is 0 Å². The number of unbranched alkanes of at least 4 members (excludes halogenated alkanes) is 5. The maximum atomic E-state index is 6.53. The molecule has 2 aromatic rings. The monoisotopic (exact) mass is 448 g/mol. The fourth-order valence-corrected chi connectivity index (χ4v) is 5.14. The smallest absolute Gasteiger partial charge is 0.0450 e. The topological polar surface area (TPSA) is 0 Å². The lowest BCUT2D eigenvalue weighted by molar-refractivity contribution is 0.384. The van der Waals surface area contributed by atoms with Gasteiger partial charge in [0.05, 0.1) is 0 Å². The molecule has 0 N–H and O–H groups in total. The summed E-state index contributed by atoms with van der Waals surface area (Å²) in [7, 11) is 0. The molecule has 3 rings (SSSR count). The molecule has 172 valence electrons. The molecule has 0 atom stereocenters. The third kappa shape index (κ3) is 8.01. The second kappa shape index (κ2) is 13.7. The van der Waals surface area contributed by atoms with Gasteiger partial charge in [-0.3, -0.25) is 0 Å². The highest BCUT2D eigenvalue weighted by atomic mass is 35.5. The number of hydrogen-bond acceptors (Lipinski definition) is 0. The largest absolute Gasteiger partial charge is 0.0945 e. The van der Waals surface area contributed by atoms with Crippen molar-refractivity contribution in [2.24, 2.45) is 5.92 Å². The zero-order valence-corrected chi connectivity index (χ0v) is 21.0. The van der Waals surface area contributed by atoms with Gasteiger partial charge in [-0.15, -0.1) is 0 Å². The van der Waals surface area contributed by atoms with E-state index in [1.165, 1.54) is 93.7 Å². The number of hydrogen-bond donors (Lipinski definition) is 0. The highest BCUT2D eigenvalue weighted by molar-refractivity contribution is 6.31. The molecule has 0 unspecified atom stereocenters. The van der Waals surface area contributed by atoms with E-state index in [1.54, 1.807) is 0 Å². The van der Waals surface area contributed by atoms with Gasteiger partial charge in [0.25, 0.3) is 0 Å². The molecule has 1 aliphatic rings. The molecule has 0 amide bonds. The Morgan fingerprint density at radius 1 is 0.781 bits per heavy atom. The Balaban J connectivity index is 1.46. The molecule has 0 saturated heterocycles. The Labute approximate surface area is 202 Å². The molecule has 1 fully saturated rings. The number of aryl methyl sites for hydroxylation is 2. The van der Waals surface area contributed by atoms with E-state index in [-0.39, 0.29) is 0 Å². The second-order valence-corrected chi connectivity index (χ2v) is 10.0. The van der Waals surface area contributed by atoms with Crippen LogP contribution < -0.4 is 0 Å². The summed E-state index contributed by atoms with van der Waals surface area (Å²) in [5, 5.41) is 0.884. The van der Waals surface area contributed by atoms with Gasteiger partial charge >= 0.3 is 0 Å². The van der Waals surface area contributed by atoms with Gasteiger partial charge in [-0.1, -0.05) is 99.7 Å². The summed E-state index contributed by atoms with van der Waals surface area (Å²) in [5.41, 5.74) is 5.35. The standard InChI is InChI=1S/C31H41Cl/c1-3-5-7-9-11-30-23-18-27(24-31(30)32)13-12-26-16-21-29(22-17-26)28-19-14-25(15-20-28)10-8-6-4-2/h14-15,18-20,23-24,26,29H,3-11,16-17,21-22H2,1-2H3. The molecular weight excluding hydrogens is 408 g/mol. The lowest BCUT2D eigenvalue weighted by Crippen LogP contribution is -2.12. The van der Waals surface area contributed by atoms with Gasteiger partial charge in [-0.25, -0.2) is 0 Å². The summed E-state index contributed by atoms with van der Waals surface area (Å²) in [6.45, 7) is 4.52. The van der Waals surface area contributed by atoms with E-state index in [9.17, 15) is 0 Å². The van der Waals surface area contributed by atoms with Crippen LogP contribution in [0.4, 0.5) is 0 Å². The first-order valence-electron chi connectivity index (χ1n) is 13.1. The van der Waals surface area contributed by atoms with Gasteiger partial charge in [0, 0.05) is 16.5 Å². The molecule has 32 heavy (non-hydrogen) atoms. The van der Waals surface area contributed by atoms with Crippen LogP contribution in [0.3, 0.4) is 0 Å². The molecule has 1 heteroatoms. The molecule has 0 heterocycles. The van der Waals surface area contributed by atoms with Crippen LogP contribution in [0.2, 0.25) is 5.02 Å². The maximum absolute atomic E-state index is 6.53. The van der Waals surface area contributed by atoms with Crippen LogP contribution in [0.5, 0.6) is 0 Å². The predicted octanol–water partition coefficient (Wildman–Crippen LogP) is 9.52. The van der Waals surface area contributed by atoms with Gasteiger partial charge < -0.3 is 0 Å². The summed E-state index contributed by atoms with van der Waals surface area (Å²) >= 11 is 6.53. The first kappa shape index (κ1) is 24.9. The third-order valence-electron chi connectivity index (χ3n) is 7.02. The first-order valence-corrected chi connectivity index (χ1v) is 13.5. The summed E-state index contributed by atoms with van der Waals surface area (Å²) in [5.74, 6) is 8.18. The molecule has 1 aliphatic carbocycles. The Morgan fingerprint density at radius 2 is 1.47 bits per heavy atom. The molecule has 0 bridgehead atoms. The van der Waals surface area contributed by atoms with Gasteiger partial charge in [0.2, 0.25) is 0 Å². The van der Waals surface area contributed by atoms with E-state index in [0.717, 1.165) is 17.0 Å². The molecule has 1 saturated carbocycles. The van der Waals surface area contributed by atoms with Crippen LogP contribution in [0.25, 0.3) is 0 Å². The van der Waals surface area contributed by atoms with Crippen LogP contribution in [0.15, 0.2) is 42.5 Å². The Kier molecular flexibility index (Phi) is 10.7. The van der Waals surface area contributed by atoms with Crippen LogP contribution in [-0.4, -0.2) is 0 Å². The molecule has 0 aliphatic heterocycles. The van der Waals surface area contributed by atoms with Crippen molar-refractivity contribution in [2.45, 2.75) is 103 Å². The van der Waals surface area contributed by atoms with Gasteiger partial charge in [-0.05, 0) is 86.1 Å². The summed E-state index contributed by atoms with van der Waals surface area (Å²) in [6, 6.07) is 15.9. The Hall–Kier alpha value is -1.71. The van der Waals surface area contributed by atoms with Crippen LogP contribution in [0.1, 0.15) is 113 Å². The average Bonchev–Trinajstić information content (AvgIpc) is 2.82. The van der Waals surface area contributed by atoms with E-state index in [1.807, 2.05) is 0 Å². The van der Waals surface area contributed by atoms with E-state index in [2.05, 4.69) is 68.2 Å². The van der Waals surface area contributed by atoms with Crippen molar-refractivity contribution in [3.63, 3.8) is 0 Å². The summed E-state index contributed by atoms with van der Waals surface area (Å²) < 4.78 is 0. The van der Waals surface area contributed by atoms with Gasteiger partial charge in [0.15, 0.2) is 0 Å². The van der Waals surface area contributed by atoms with Crippen molar-refractivity contribution in [1.29, 1.82) is 0 Å². The predicted molar refractivity (Wildman–Crippen MR) is 141 cm³/mol. The zero-order valence-electron chi connectivity index (χ0n) is 20.3. The lowest BCUT2D eigenvalue weighted by atomic mass is 9.78. The average molecular weight is 449 g/mol. The molecule has 0 radical (unpaired) electrons. The normalized spacial score (nSPS) is 18.2. The zero-order chi connectivity index (χ0) is 22.6. The highest BCUT2D eigenvalue weighted by Crippen LogP contribution is 2.35. The quantitative estimate of drug-likeness (QED) is 0.250. The minimum absolute atomic E-state index is 0.520. The minimum atomic E-state index is 0.520. The van der Waals surface area contributed by atoms with Crippen molar-refractivity contribution in [2.75, 3.05) is 0 Å². The first-order chi connectivity index (χ1) is 15.7. The van der Waals surface area contributed by atoms with E-state index >= 15 is 0 Å². The molecule has 0 nitrogen and oxygen atoms in total. The van der Waals surface area contributed by atoms with Crippen molar-refractivity contribution in [1.82, 2.24) is 0 Å². The highest BCUT2D eigenvalue weighted by Gasteiger charge is 2.21. The molecular formula is C31H41Cl. The Morgan fingerprint density at radius 3 is 2.16 bits per heavy atom. The second-order valence-electron chi connectivity index (χ2n) is 9.63. The van der Waals surface area contributed by atoms with Crippen molar-refractivity contribution >= 4 is 11.6 Å². The SMILES string of the molecule is CCCCCCc1ccc(C#CC2CCC(c3ccc(CCCCC)cc3)CC2)cc1Cl.